The molecule has 7 nitrogen and oxygen atoms in total. The zero-order valence-electron chi connectivity index (χ0n) is 11.0. The first-order valence-corrected chi connectivity index (χ1v) is 6.95. The van der Waals surface area contributed by atoms with Crippen molar-refractivity contribution in [3.63, 3.8) is 0 Å². The summed E-state index contributed by atoms with van der Waals surface area (Å²) in [6.07, 6.45) is 2.94. The van der Waals surface area contributed by atoms with E-state index in [2.05, 4.69) is 26.2 Å². The molecule has 1 aromatic rings. The van der Waals surface area contributed by atoms with Crippen LogP contribution in [0.2, 0.25) is 0 Å². The fourth-order valence-electron chi connectivity index (χ4n) is 1.66. The highest BCUT2D eigenvalue weighted by Crippen LogP contribution is 2.25. The predicted octanol–water partition coefficient (Wildman–Crippen LogP) is 3.06. The van der Waals surface area contributed by atoms with Gasteiger partial charge in [-0.15, -0.1) is 0 Å². The SMILES string of the molecule is CC(CCNc1ncc(Br)cc1[N+](=O)[O-])CCC(=O)O. The number of hydrogen-bond donors (Lipinski definition) is 2. The summed E-state index contributed by atoms with van der Waals surface area (Å²) < 4.78 is 0.546. The summed E-state index contributed by atoms with van der Waals surface area (Å²) in [6.45, 7) is 2.46. The molecule has 0 amide bonds. The van der Waals surface area contributed by atoms with E-state index >= 15 is 0 Å². The Kier molecular flexibility index (Phi) is 6.37. The molecule has 1 atom stereocenters. The summed E-state index contributed by atoms with van der Waals surface area (Å²) >= 11 is 3.14. The van der Waals surface area contributed by atoms with Gasteiger partial charge in [-0.1, -0.05) is 6.92 Å². The Morgan fingerprint density at radius 2 is 2.30 bits per heavy atom. The minimum atomic E-state index is -0.810. The van der Waals surface area contributed by atoms with E-state index in [0.717, 1.165) is 6.42 Å². The van der Waals surface area contributed by atoms with Crippen molar-refractivity contribution in [1.29, 1.82) is 0 Å². The third-order valence-electron chi connectivity index (χ3n) is 2.81. The Balaban J connectivity index is 2.49. The molecule has 20 heavy (non-hydrogen) atoms. The van der Waals surface area contributed by atoms with Crippen LogP contribution < -0.4 is 5.32 Å². The quantitative estimate of drug-likeness (QED) is 0.554. The van der Waals surface area contributed by atoms with Gasteiger partial charge in [0.15, 0.2) is 0 Å². The van der Waals surface area contributed by atoms with Crippen molar-refractivity contribution in [2.45, 2.75) is 26.2 Å². The first kappa shape index (κ1) is 16.4. The number of aliphatic carboxylic acids is 1. The minimum absolute atomic E-state index is 0.0856. The lowest BCUT2D eigenvalue weighted by molar-refractivity contribution is -0.384. The van der Waals surface area contributed by atoms with Crippen molar-refractivity contribution in [2.24, 2.45) is 5.92 Å². The van der Waals surface area contributed by atoms with Gasteiger partial charge in [-0.05, 0) is 34.7 Å². The number of anilines is 1. The van der Waals surface area contributed by atoms with Gasteiger partial charge in [0, 0.05) is 29.7 Å². The van der Waals surface area contributed by atoms with Crippen LogP contribution in [-0.2, 0) is 4.79 Å². The van der Waals surface area contributed by atoms with E-state index in [9.17, 15) is 14.9 Å². The maximum atomic E-state index is 10.9. The summed E-state index contributed by atoms with van der Waals surface area (Å²) in [5.41, 5.74) is -0.0856. The van der Waals surface area contributed by atoms with Crippen LogP contribution in [-0.4, -0.2) is 27.5 Å². The zero-order valence-corrected chi connectivity index (χ0v) is 12.6. The summed E-state index contributed by atoms with van der Waals surface area (Å²) in [7, 11) is 0. The highest BCUT2D eigenvalue weighted by atomic mass is 79.9. The predicted molar refractivity (Wildman–Crippen MR) is 77.7 cm³/mol. The molecule has 1 unspecified atom stereocenters. The van der Waals surface area contributed by atoms with E-state index in [0.29, 0.717) is 17.4 Å². The van der Waals surface area contributed by atoms with Crippen LogP contribution in [0.5, 0.6) is 0 Å². The van der Waals surface area contributed by atoms with E-state index in [1.54, 1.807) is 0 Å². The number of nitro groups is 1. The van der Waals surface area contributed by atoms with Crippen LogP contribution in [0, 0.1) is 16.0 Å². The molecule has 0 aliphatic carbocycles. The van der Waals surface area contributed by atoms with E-state index in [1.165, 1.54) is 12.3 Å². The zero-order chi connectivity index (χ0) is 15.1. The number of carboxylic acids is 1. The molecule has 0 aromatic carbocycles. The molecule has 0 spiro atoms. The van der Waals surface area contributed by atoms with Crippen LogP contribution in [0.3, 0.4) is 0 Å². The van der Waals surface area contributed by atoms with Crippen molar-refractivity contribution in [1.82, 2.24) is 4.98 Å². The van der Waals surface area contributed by atoms with Gasteiger partial charge in [0.25, 0.3) is 0 Å². The number of rotatable bonds is 8. The first-order chi connectivity index (χ1) is 9.40. The molecule has 8 heteroatoms. The van der Waals surface area contributed by atoms with Gasteiger partial charge in [0.2, 0.25) is 5.82 Å². The third kappa shape index (κ3) is 5.52. The second kappa shape index (κ2) is 7.78. The molecule has 1 rings (SSSR count). The minimum Gasteiger partial charge on any atom is -0.481 e. The second-order valence-electron chi connectivity index (χ2n) is 4.53. The Hall–Kier alpha value is -1.70. The second-order valence-corrected chi connectivity index (χ2v) is 5.45. The highest BCUT2D eigenvalue weighted by molar-refractivity contribution is 9.10. The topological polar surface area (TPSA) is 105 Å². The number of halogens is 1. The van der Waals surface area contributed by atoms with E-state index in [1.807, 2.05) is 6.92 Å². The van der Waals surface area contributed by atoms with Gasteiger partial charge in [-0.2, -0.15) is 0 Å². The molecular formula is C12H16BrN3O4. The Morgan fingerprint density at radius 3 is 2.90 bits per heavy atom. The molecule has 0 saturated heterocycles. The lowest BCUT2D eigenvalue weighted by Gasteiger charge is -2.11. The van der Waals surface area contributed by atoms with Crippen LogP contribution in [0.1, 0.15) is 26.2 Å². The monoisotopic (exact) mass is 345 g/mol. The maximum Gasteiger partial charge on any atom is 0.312 e. The number of pyridine rings is 1. The standard InChI is InChI=1S/C12H16BrN3O4/c1-8(2-3-11(17)18)4-5-14-12-10(16(19)20)6-9(13)7-15-12/h6-8H,2-5H2,1H3,(H,14,15)(H,17,18). The van der Waals surface area contributed by atoms with Crippen LogP contribution in [0.4, 0.5) is 11.5 Å². The van der Waals surface area contributed by atoms with Crippen molar-refractivity contribution < 1.29 is 14.8 Å². The van der Waals surface area contributed by atoms with Gasteiger partial charge in [0.1, 0.15) is 0 Å². The lowest BCUT2D eigenvalue weighted by atomic mass is 10.0. The highest BCUT2D eigenvalue weighted by Gasteiger charge is 2.15. The summed E-state index contributed by atoms with van der Waals surface area (Å²) in [4.78, 5) is 24.8. The molecule has 110 valence electrons. The molecule has 1 heterocycles. The van der Waals surface area contributed by atoms with E-state index in [4.69, 9.17) is 5.11 Å². The molecule has 2 N–H and O–H groups in total. The molecular weight excluding hydrogens is 330 g/mol. The average Bonchev–Trinajstić information content (AvgIpc) is 2.37. The fraction of sp³-hybridized carbons (Fsp3) is 0.500. The van der Waals surface area contributed by atoms with Crippen LogP contribution >= 0.6 is 15.9 Å². The molecule has 0 saturated carbocycles. The lowest BCUT2D eigenvalue weighted by Crippen LogP contribution is -2.10. The fourth-order valence-corrected chi connectivity index (χ4v) is 1.97. The largest absolute Gasteiger partial charge is 0.481 e. The third-order valence-corrected chi connectivity index (χ3v) is 3.25. The van der Waals surface area contributed by atoms with E-state index < -0.39 is 10.9 Å². The van der Waals surface area contributed by atoms with Gasteiger partial charge < -0.3 is 10.4 Å². The van der Waals surface area contributed by atoms with Gasteiger partial charge in [0.05, 0.1) is 4.92 Å². The molecule has 1 aromatic heterocycles. The van der Waals surface area contributed by atoms with Crippen molar-refractivity contribution in [2.75, 3.05) is 11.9 Å². The number of carbonyl (C=O) groups is 1. The van der Waals surface area contributed by atoms with E-state index in [-0.39, 0.29) is 23.8 Å². The summed E-state index contributed by atoms with van der Waals surface area (Å²) in [5, 5.41) is 22.4. The molecule has 0 radical (unpaired) electrons. The number of hydrogen-bond acceptors (Lipinski definition) is 5. The van der Waals surface area contributed by atoms with Gasteiger partial charge >= 0.3 is 11.7 Å². The number of aromatic nitrogens is 1. The Morgan fingerprint density at radius 1 is 1.60 bits per heavy atom. The smallest absolute Gasteiger partial charge is 0.312 e. The maximum absolute atomic E-state index is 10.9. The average molecular weight is 346 g/mol. The molecule has 0 bridgehead atoms. The Bertz CT molecular complexity index is 496. The normalized spacial score (nSPS) is 11.9. The van der Waals surface area contributed by atoms with Crippen molar-refractivity contribution >= 4 is 33.4 Å². The molecule has 0 aliphatic heterocycles. The van der Waals surface area contributed by atoms with Crippen LogP contribution in [0.25, 0.3) is 0 Å². The summed E-state index contributed by atoms with van der Waals surface area (Å²) in [6, 6.07) is 1.39. The molecule has 0 fully saturated rings. The molecule has 0 aliphatic rings. The number of carboxylic acid groups (broad SMARTS) is 1. The van der Waals surface area contributed by atoms with Gasteiger partial charge in [-0.3, -0.25) is 14.9 Å². The van der Waals surface area contributed by atoms with Crippen molar-refractivity contribution in [3.8, 4) is 0 Å². The summed E-state index contributed by atoms with van der Waals surface area (Å²) in [5.74, 6) is -0.355. The number of nitrogens with zero attached hydrogens (tertiary/aromatic N) is 2. The first-order valence-electron chi connectivity index (χ1n) is 6.15. The van der Waals surface area contributed by atoms with Crippen LogP contribution in [0.15, 0.2) is 16.7 Å². The Labute approximate surface area is 124 Å². The number of nitrogens with one attached hydrogen (secondary N) is 1. The van der Waals surface area contributed by atoms with Gasteiger partial charge in [-0.25, -0.2) is 4.98 Å². The van der Waals surface area contributed by atoms with Crippen molar-refractivity contribution in [3.05, 3.63) is 26.9 Å².